The van der Waals surface area contributed by atoms with Crippen molar-refractivity contribution in [2.75, 3.05) is 81.9 Å². The first-order chi connectivity index (χ1) is 36.4. The fraction of sp³-hybridized carbons (Fsp3) is 0.509. The highest BCUT2D eigenvalue weighted by atomic mass is 19.1. The highest BCUT2D eigenvalue weighted by Gasteiger charge is 2.41. The number of likely N-dealkylation sites (tertiary alicyclic amines) is 2. The number of nitrogens with zero attached hydrogens (tertiary/aromatic N) is 8. The summed E-state index contributed by atoms with van der Waals surface area (Å²) < 4.78 is 54.4. The lowest BCUT2D eigenvalue weighted by Crippen LogP contribution is -2.52. The van der Waals surface area contributed by atoms with Crippen molar-refractivity contribution >= 4 is 50.9 Å². The Morgan fingerprint density at radius 2 is 1.51 bits per heavy atom. The minimum Gasteiger partial charge on any atom is -0.508 e. The average molecular weight is 1030 g/mol. The standard InChI is InChI=1S/C57H63F3N10O5/c1-2-40-45(58)7-3-36-26-39(71)27-42(49(36)40)52-51(60)53-43(28-61-52)54(69-30-37-4-5-38(31-69)62-37)65-57(64-53)75-24-23-66-17-11-33(12-18-66)25-34-13-19-67(20-14-34)29-35-15-21-68(22-16-35)46-8-6-41-44(50(46)59)32-70(56(41)74)47-9-10-48(72)63-55(47)73/h1,3,6-8,26-28,33-35,37-38,47,62,71H,4-5,9-25,29-32H2,(H,63,72,73)/t37?,38?,47-/m1/s1. The molecule has 3 aromatic carbocycles. The maximum Gasteiger partial charge on any atom is 0.319 e. The van der Waals surface area contributed by atoms with Gasteiger partial charge in [0.1, 0.15) is 41.2 Å². The topological polar surface area (TPSA) is 160 Å². The number of piperidine rings is 4. The molecular formula is C57H63F3N10O5. The van der Waals surface area contributed by atoms with Gasteiger partial charge in [0.15, 0.2) is 11.6 Å². The minimum absolute atomic E-state index is 0.0302. The number of amides is 3. The Kier molecular flexibility index (Phi) is 13.5. The highest BCUT2D eigenvalue weighted by Crippen LogP contribution is 2.41. The van der Waals surface area contributed by atoms with Gasteiger partial charge in [-0.3, -0.25) is 29.6 Å². The summed E-state index contributed by atoms with van der Waals surface area (Å²) in [5.41, 5.74) is 1.19. The Bertz CT molecular complexity index is 3100. The van der Waals surface area contributed by atoms with Crippen LogP contribution in [0.2, 0.25) is 0 Å². The summed E-state index contributed by atoms with van der Waals surface area (Å²) in [6.45, 7) is 9.19. The van der Waals surface area contributed by atoms with Gasteiger partial charge in [0.25, 0.3) is 5.91 Å². The van der Waals surface area contributed by atoms with Crippen molar-refractivity contribution < 1.29 is 37.4 Å². The molecule has 7 aliphatic heterocycles. The van der Waals surface area contributed by atoms with Gasteiger partial charge >= 0.3 is 6.01 Å². The van der Waals surface area contributed by atoms with Gasteiger partial charge in [-0.25, -0.2) is 13.2 Å². The third kappa shape index (κ3) is 9.72. The number of rotatable bonds is 12. The second kappa shape index (κ2) is 20.5. The van der Waals surface area contributed by atoms with Crippen LogP contribution in [0.25, 0.3) is 32.9 Å². The lowest BCUT2D eigenvalue weighted by molar-refractivity contribution is -0.136. The number of phenolic OH excluding ortho intramolecular Hbond substituents is 1. The number of hydrogen-bond donors (Lipinski definition) is 3. The fourth-order valence-corrected chi connectivity index (χ4v) is 13.4. The van der Waals surface area contributed by atoms with Crippen molar-refractivity contribution in [1.82, 2.24) is 40.3 Å². The van der Waals surface area contributed by atoms with E-state index in [9.17, 15) is 19.5 Å². The van der Waals surface area contributed by atoms with Crippen LogP contribution in [0.4, 0.5) is 24.7 Å². The molecule has 0 aliphatic carbocycles. The van der Waals surface area contributed by atoms with Crippen molar-refractivity contribution in [2.24, 2.45) is 17.8 Å². The van der Waals surface area contributed by atoms with Crippen molar-refractivity contribution in [3.05, 3.63) is 76.7 Å². The van der Waals surface area contributed by atoms with Gasteiger partial charge < -0.3 is 34.8 Å². The summed E-state index contributed by atoms with van der Waals surface area (Å²) >= 11 is 0. The lowest BCUT2D eigenvalue weighted by Gasteiger charge is -2.39. The van der Waals surface area contributed by atoms with Crippen LogP contribution in [0.3, 0.4) is 0 Å². The lowest BCUT2D eigenvalue weighted by atomic mass is 9.82. The van der Waals surface area contributed by atoms with Crippen molar-refractivity contribution in [3.8, 4) is 35.4 Å². The van der Waals surface area contributed by atoms with Crippen molar-refractivity contribution in [2.45, 2.75) is 95.3 Å². The number of carbonyl (C=O) groups excluding carboxylic acids is 3. The van der Waals surface area contributed by atoms with Crippen molar-refractivity contribution in [1.29, 1.82) is 0 Å². The number of halogens is 3. The zero-order valence-corrected chi connectivity index (χ0v) is 42.1. The summed E-state index contributed by atoms with van der Waals surface area (Å²) in [6, 6.07) is 8.85. The number of imide groups is 1. The monoisotopic (exact) mass is 1020 g/mol. The molecule has 0 radical (unpaired) electrons. The van der Waals surface area contributed by atoms with Crippen LogP contribution >= 0.6 is 0 Å². The largest absolute Gasteiger partial charge is 0.508 e. The summed E-state index contributed by atoms with van der Waals surface area (Å²) in [6.07, 6.45) is 17.7. The molecule has 392 valence electrons. The summed E-state index contributed by atoms with van der Waals surface area (Å²) in [5.74, 6) is 1.82. The molecule has 6 saturated heterocycles. The Morgan fingerprint density at radius 3 is 2.23 bits per heavy atom. The van der Waals surface area contributed by atoms with E-state index in [-0.39, 0.29) is 76.5 Å². The van der Waals surface area contributed by atoms with E-state index in [1.54, 1.807) is 18.3 Å². The molecule has 9 heterocycles. The zero-order valence-electron chi connectivity index (χ0n) is 42.1. The molecule has 7 aliphatic rings. The van der Waals surface area contributed by atoms with Gasteiger partial charge in [-0.2, -0.15) is 9.97 Å². The first-order valence-electron chi connectivity index (χ1n) is 27.0. The maximum absolute atomic E-state index is 17.0. The molecule has 3 N–H and O–H groups in total. The van der Waals surface area contributed by atoms with E-state index >= 15 is 13.2 Å². The number of terminal acetylenes is 1. The van der Waals surface area contributed by atoms with Gasteiger partial charge in [-0.05, 0) is 144 Å². The number of aromatic nitrogens is 3. The second-order valence-corrected chi connectivity index (χ2v) is 22.1. The summed E-state index contributed by atoms with van der Waals surface area (Å²) in [4.78, 5) is 62.2. The zero-order chi connectivity index (χ0) is 51.5. The van der Waals surface area contributed by atoms with Gasteiger partial charge in [0, 0.05) is 86.0 Å². The molecule has 2 bridgehead atoms. The van der Waals surface area contributed by atoms with Gasteiger partial charge in [0.2, 0.25) is 11.8 Å². The number of phenols is 1. The smallest absolute Gasteiger partial charge is 0.319 e. The predicted octanol–water partition coefficient (Wildman–Crippen LogP) is 6.76. The molecule has 15 nitrogen and oxygen atoms in total. The number of piperazine rings is 1. The number of pyridine rings is 1. The Morgan fingerprint density at radius 1 is 0.787 bits per heavy atom. The number of benzene rings is 3. The van der Waals surface area contributed by atoms with E-state index in [2.05, 4.69) is 46.1 Å². The Balaban J connectivity index is 0.619. The molecule has 3 amide bonds. The Labute approximate surface area is 434 Å². The molecule has 12 rings (SSSR count). The molecule has 6 fully saturated rings. The fourth-order valence-electron chi connectivity index (χ4n) is 13.4. The van der Waals surface area contributed by atoms with Crippen LogP contribution in [0.5, 0.6) is 11.8 Å². The van der Waals surface area contributed by atoms with Gasteiger partial charge in [-0.1, -0.05) is 12.0 Å². The maximum atomic E-state index is 17.0. The van der Waals surface area contributed by atoms with Crippen LogP contribution in [-0.2, 0) is 16.1 Å². The molecule has 75 heavy (non-hydrogen) atoms. The third-order valence-electron chi connectivity index (χ3n) is 17.4. The second-order valence-electron chi connectivity index (χ2n) is 22.1. The summed E-state index contributed by atoms with van der Waals surface area (Å²) in [5, 5.41) is 17.8. The quantitative estimate of drug-likeness (QED) is 0.0890. The molecule has 0 saturated carbocycles. The van der Waals surface area contributed by atoms with Crippen LogP contribution in [0, 0.1) is 47.5 Å². The number of ether oxygens (including phenoxy) is 1. The van der Waals surface area contributed by atoms with Crippen LogP contribution < -0.4 is 25.2 Å². The molecule has 2 aromatic heterocycles. The Hall–Kier alpha value is -6.55. The summed E-state index contributed by atoms with van der Waals surface area (Å²) in [7, 11) is 0. The minimum atomic E-state index is -0.771. The number of carbonyl (C=O) groups is 3. The van der Waals surface area contributed by atoms with E-state index in [1.165, 1.54) is 48.4 Å². The highest BCUT2D eigenvalue weighted by molar-refractivity contribution is 6.06. The van der Waals surface area contributed by atoms with E-state index in [0.29, 0.717) is 83.6 Å². The normalized spacial score (nSPS) is 23.4. The molecule has 2 unspecified atom stereocenters. The third-order valence-corrected chi connectivity index (χ3v) is 17.4. The molecule has 5 aromatic rings. The predicted molar refractivity (Wildman–Crippen MR) is 278 cm³/mol. The molecule has 3 atom stereocenters. The van der Waals surface area contributed by atoms with Crippen LogP contribution in [0.15, 0.2) is 42.6 Å². The number of aromatic hydroxyl groups is 1. The van der Waals surface area contributed by atoms with E-state index in [4.69, 9.17) is 16.1 Å². The SMILES string of the molecule is C#Cc1c(F)ccc2cc(O)cc(-c3ncc4c(N5CC6CCC(C5)N6)nc(OCCN5CCC(CC6CCN(CC7CCN(c8ccc9c(c8F)CN([C@@H]8CCC(=O)NC8=O)C9=O)CC7)CC6)CC5)nc4c3F)c12. The van der Waals surface area contributed by atoms with Gasteiger partial charge in [-0.15, -0.1) is 6.42 Å². The van der Waals surface area contributed by atoms with E-state index in [0.717, 1.165) is 90.3 Å². The van der Waals surface area contributed by atoms with Gasteiger partial charge in [0.05, 0.1) is 23.2 Å². The first-order valence-corrected chi connectivity index (χ1v) is 27.0. The number of nitrogens with one attached hydrogen (secondary N) is 2. The number of hydrogen-bond acceptors (Lipinski definition) is 13. The number of fused-ring (bicyclic) bond motifs is 5. The molecule has 18 heteroatoms. The first kappa shape index (κ1) is 49.3. The molecular weight excluding hydrogens is 962 g/mol. The van der Waals surface area contributed by atoms with E-state index < -0.39 is 23.6 Å². The van der Waals surface area contributed by atoms with E-state index in [1.807, 2.05) is 0 Å². The molecule has 0 spiro atoms. The van der Waals surface area contributed by atoms with Crippen molar-refractivity contribution in [3.63, 3.8) is 0 Å². The average Bonchev–Trinajstić information content (AvgIpc) is 3.94. The van der Waals surface area contributed by atoms with Crippen LogP contribution in [-0.4, -0.2) is 143 Å². The van der Waals surface area contributed by atoms with Crippen LogP contribution in [0.1, 0.15) is 92.1 Å². The number of anilines is 2.